The van der Waals surface area contributed by atoms with E-state index in [0.29, 0.717) is 17.3 Å². The predicted molar refractivity (Wildman–Crippen MR) is 109 cm³/mol. The van der Waals surface area contributed by atoms with Crippen LogP contribution in [-0.4, -0.2) is 42.7 Å². The second-order valence-corrected chi connectivity index (χ2v) is 7.70. The van der Waals surface area contributed by atoms with Gasteiger partial charge in [-0.3, -0.25) is 9.59 Å². The van der Waals surface area contributed by atoms with Crippen LogP contribution in [0.25, 0.3) is 0 Å². The first kappa shape index (κ1) is 21.0. The summed E-state index contributed by atoms with van der Waals surface area (Å²) in [7, 11) is 3.11. The Balaban J connectivity index is 1.75. The van der Waals surface area contributed by atoms with Gasteiger partial charge < -0.3 is 19.7 Å². The Hall–Kier alpha value is -2.74. The van der Waals surface area contributed by atoms with Gasteiger partial charge in [-0.2, -0.15) is 0 Å². The molecule has 3 rings (SSSR count). The third kappa shape index (κ3) is 4.64. The van der Waals surface area contributed by atoms with Gasteiger partial charge in [0, 0.05) is 19.2 Å². The fourth-order valence-corrected chi connectivity index (χ4v) is 4.74. The number of thioether (sulfide) groups is 1. The molecule has 1 aliphatic rings. The molecule has 2 atom stereocenters. The van der Waals surface area contributed by atoms with E-state index in [2.05, 4.69) is 5.32 Å². The van der Waals surface area contributed by atoms with E-state index < -0.39 is 6.04 Å². The van der Waals surface area contributed by atoms with Crippen molar-refractivity contribution in [1.82, 2.24) is 10.2 Å². The van der Waals surface area contributed by atoms with Gasteiger partial charge in [0.05, 0.1) is 14.2 Å². The lowest BCUT2D eigenvalue weighted by molar-refractivity contribution is -0.138. The molecule has 0 radical (unpaired) electrons. The van der Waals surface area contributed by atoms with Crippen molar-refractivity contribution in [3.8, 4) is 11.5 Å². The highest BCUT2D eigenvalue weighted by Crippen LogP contribution is 2.43. The maximum atomic E-state index is 13.0. The van der Waals surface area contributed by atoms with Crippen molar-refractivity contribution < 1.29 is 23.5 Å². The lowest BCUT2D eigenvalue weighted by Crippen LogP contribution is -2.47. The number of methoxy groups -OCH3 is 2. The molecule has 0 saturated carbocycles. The van der Waals surface area contributed by atoms with Crippen molar-refractivity contribution in [2.24, 2.45) is 0 Å². The molecule has 0 unspecified atom stereocenters. The summed E-state index contributed by atoms with van der Waals surface area (Å²) in [6, 6.07) is 10.8. The van der Waals surface area contributed by atoms with Crippen molar-refractivity contribution in [3.05, 3.63) is 59.4 Å². The number of hydrogen-bond donors (Lipinski definition) is 1. The number of hydrogen-bond acceptors (Lipinski definition) is 5. The van der Waals surface area contributed by atoms with Crippen LogP contribution in [0, 0.1) is 5.82 Å². The molecular weight excluding hydrogens is 395 g/mol. The average molecular weight is 418 g/mol. The second kappa shape index (κ2) is 9.17. The number of benzene rings is 2. The third-order valence-corrected chi connectivity index (χ3v) is 6.06. The normalized spacial score (nSPS) is 18.4. The van der Waals surface area contributed by atoms with Crippen molar-refractivity contribution in [3.63, 3.8) is 0 Å². The smallest absolute Gasteiger partial charge is 0.243 e. The Labute approximate surface area is 173 Å². The van der Waals surface area contributed by atoms with Gasteiger partial charge in [0.25, 0.3) is 0 Å². The zero-order valence-electron chi connectivity index (χ0n) is 16.5. The third-order valence-electron chi connectivity index (χ3n) is 4.74. The van der Waals surface area contributed by atoms with Crippen molar-refractivity contribution in [2.75, 3.05) is 20.0 Å². The fraction of sp³-hybridized carbons (Fsp3) is 0.333. The Morgan fingerprint density at radius 2 is 1.83 bits per heavy atom. The summed E-state index contributed by atoms with van der Waals surface area (Å²) in [5, 5.41) is 2.55. The van der Waals surface area contributed by atoms with Gasteiger partial charge in [0.15, 0.2) is 11.5 Å². The first-order chi connectivity index (χ1) is 13.9. The molecule has 0 bridgehead atoms. The number of carbonyl (C=O) groups excluding carboxylic acids is 2. The van der Waals surface area contributed by atoms with E-state index in [9.17, 15) is 14.0 Å². The molecule has 1 heterocycles. The zero-order valence-corrected chi connectivity index (χ0v) is 17.3. The quantitative estimate of drug-likeness (QED) is 0.781. The SMILES string of the molecule is COc1ccc([C@@H]2SC[C@H](C(=O)NCc3ccc(F)cc3)N2C(C)=O)cc1OC. The molecule has 2 aromatic carbocycles. The topological polar surface area (TPSA) is 67.9 Å². The first-order valence-corrected chi connectivity index (χ1v) is 10.1. The molecule has 8 heteroatoms. The number of nitrogens with zero attached hydrogens (tertiary/aromatic N) is 1. The van der Waals surface area contributed by atoms with Crippen LogP contribution in [0.4, 0.5) is 4.39 Å². The van der Waals surface area contributed by atoms with E-state index in [1.54, 1.807) is 37.3 Å². The molecule has 0 aliphatic carbocycles. The number of amides is 2. The summed E-state index contributed by atoms with van der Waals surface area (Å²) in [5.74, 6) is 0.901. The van der Waals surface area contributed by atoms with Crippen LogP contribution in [0.2, 0.25) is 0 Å². The summed E-state index contributed by atoms with van der Waals surface area (Å²) in [6.45, 7) is 1.73. The van der Waals surface area contributed by atoms with Crippen LogP contribution >= 0.6 is 11.8 Å². The number of nitrogens with one attached hydrogen (secondary N) is 1. The van der Waals surface area contributed by atoms with E-state index in [1.807, 2.05) is 12.1 Å². The minimum atomic E-state index is -0.587. The Morgan fingerprint density at radius 3 is 2.45 bits per heavy atom. The molecule has 6 nitrogen and oxygen atoms in total. The largest absolute Gasteiger partial charge is 0.493 e. The van der Waals surface area contributed by atoms with Crippen LogP contribution in [0.1, 0.15) is 23.4 Å². The molecule has 2 aromatic rings. The number of halogens is 1. The molecule has 1 aliphatic heterocycles. The molecule has 2 amide bonds. The highest BCUT2D eigenvalue weighted by molar-refractivity contribution is 7.99. The summed E-state index contributed by atoms with van der Waals surface area (Å²) in [6.07, 6.45) is 0. The molecule has 154 valence electrons. The van der Waals surface area contributed by atoms with Gasteiger partial charge in [0.2, 0.25) is 11.8 Å². The minimum Gasteiger partial charge on any atom is -0.493 e. The van der Waals surface area contributed by atoms with Gasteiger partial charge in [0.1, 0.15) is 17.2 Å². The molecular formula is C21H23FN2O4S. The average Bonchev–Trinajstić information content (AvgIpc) is 3.18. The van der Waals surface area contributed by atoms with E-state index >= 15 is 0 Å². The number of carbonyl (C=O) groups is 2. The predicted octanol–water partition coefficient (Wildman–Crippen LogP) is 3.12. The van der Waals surface area contributed by atoms with E-state index in [1.165, 1.54) is 30.8 Å². The lowest BCUT2D eigenvalue weighted by Gasteiger charge is -2.28. The number of rotatable bonds is 6. The first-order valence-electron chi connectivity index (χ1n) is 9.09. The summed E-state index contributed by atoms with van der Waals surface area (Å²) in [5.41, 5.74) is 1.65. The fourth-order valence-electron chi connectivity index (χ4n) is 3.27. The van der Waals surface area contributed by atoms with E-state index in [4.69, 9.17) is 9.47 Å². The van der Waals surface area contributed by atoms with Crippen molar-refractivity contribution >= 4 is 23.6 Å². The van der Waals surface area contributed by atoms with Crippen LogP contribution in [-0.2, 0) is 16.1 Å². The van der Waals surface area contributed by atoms with Crippen molar-refractivity contribution in [1.29, 1.82) is 0 Å². The summed E-state index contributed by atoms with van der Waals surface area (Å²) >= 11 is 1.52. The summed E-state index contributed by atoms with van der Waals surface area (Å²) in [4.78, 5) is 26.7. The number of ether oxygens (including phenoxy) is 2. The maximum absolute atomic E-state index is 13.0. The van der Waals surface area contributed by atoms with Crippen LogP contribution in [0.15, 0.2) is 42.5 Å². The molecule has 1 fully saturated rings. The minimum absolute atomic E-state index is 0.184. The van der Waals surface area contributed by atoms with Gasteiger partial charge in [-0.05, 0) is 35.4 Å². The molecule has 29 heavy (non-hydrogen) atoms. The highest BCUT2D eigenvalue weighted by atomic mass is 32.2. The van der Waals surface area contributed by atoms with Crippen LogP contribution in [0.3, 0.4) is 0 Å². The molecule has 1 saturated heterocycles. The van der Waals surface area contributed by atoms with Crippen LogP contribution in [0.5, 0.6) is 11.5 Å². The zero-order chi connectivity index (χ0) is 21.0. The molecule has 0 spiro atoms. The van der Waals surface area contributed by atoms with E-state index in [-0.39, 0.29) is 29.6 Å². The van der Waals surface area contributed by atoms with Gasteiger partial charge >= 0.3 is 0 Å². The Morgan fingerprint density at radius 1 is 1.14 bits per heavy atom. The summed E-state index contributed by atoms with van der Waals surface area (Å²) < 4.78 is 23.7. The van der Waals surface area contributed by atoms with Gasteiger partial charge in [-0.1, -0.05) is 18.2 Å². The standard InChI is InChI=1S/C21H23FN2O4S/c1-13(25)24-17(20(26)23-11-14-4-7-16(22)8-5-14)12-29-21(24)15-6-9-18(27-2)19(10-15)28-3/h4-10,17,21H,11-12H2,1-3H3,(H,23,26)/t17-,21+/m1/s1. The van der Waals surface area contributed by atoms with Crippen molar-refractivity contribution in [2.45, 2.75) is 24.9 Å². The van der Waals surface area contributed by atoms with Gasteiger partial charge in [-0.15, -0.1) is 11.8 Å². The second-order valence-electron chi connectivity index (χ2n) is 6.59. The Bertz CT molecular complexity index is 891. The Kier molecular flexibility index (Phi) is 6.64. The molecule has 1 N–H and O–H groups in total. The van der Waals surface area contributed by atoms with E-state index in [0.717, 1.165) is 11.1 Å². The lowest BCUT2D eigenvalue weighted by atomic mass is 10.1. The van der Waals surface area contributed by atoms with Crippen LogP contribution < -0.4 is 14.8 Å². The molecule has 0 aromatic heterocycles. The van der Waals surface area contributed by atoms with Gasteiger partial charge in [-0.25, -0.2) is 4.39 Å². The monoisotopic (exact) mass is 418 g/mol. The highest BCUT2D eigenvalue weighted by Gasteiger charge is 2.41. The maximum Gasteiger partial charge on any atom is 0.243 e.